The highest BCUT2D eigenvalue weighted by Crippen LogP contribution is 2.19. The predicted octanol–water partition coefficient (Wildman–Crippen LogP) is 2.64. The van der Waals surface area contributed by atoms with E-state index in [9.17, 15) is 0 Å². The lowest BCUT2D eigenvalue weighted by Crippen LogP contribution is -1.98. The Labute approximate surface area is 102 Å². The molecular weight excluding hydrogens is 301 g/mol. The van der Waals surface area contributed by atoms with Gasteiger partial charge in [0.15, 0.2) is 0 Å². The zero-order chi connectivity index (χ0) is 10.8. The van der Waals surface area contributed by atoms with E-state index in [1.165, 1.54) is 3.57 Å². The van der Waals surface area contributed by atoms with Crippen LogP contribution >= 0.6 is 22.6 Å². The Kier molecular flexibility index (Phi) is 2.86. The maximum Gasteiger partial charge on any atom is 0.220 e. The molecule has 76 valence electrons. The third-order valence-electron chi connectivity index (χ3n) is 2.01. The standard InChI is InChI=1S/C11H10IN3/c1-7-6-10(15-11(13)14-7)8-2-4-9(12)5-3-8/h2-6H,1H3,(H2,13,14,15). The number of rotatable bonds is 1. The van der Waals surface area contributed by atoms with Crippen molar-refractivity contribution >= 4 is 28.5 Å². The number of halogens is 1. The van der Waals surface area contributed by atoms with Crippen LogP contribution in [-0.4, -0.2) is 9.97 Å². The number of benzene rings is 1. The molecule has 0 aliphatic rings. The molecule has 1 aromatic heterocycles. The number of anilines is 1. The summed E-state index contributed by atoms with van der Waals surface area (Å²) in [5, 5.41) is 0. The highest BCUT2D eigenvalue weighted by molar-refractivity contribution is 14.1. The number of aryl methyl sites for hydroxylation is 1. The maximum absolute atomic E-state index is 5.60. The van der Waals surface area contributed by atoms with Crippen LogP contribution in [-0.2, 0) is 0 Å². The number of aromatic nitrogens is 2. The van der Waals surface area contributed by atoms with Gasteiger partial charge in [0.05, 0.1) is 5.69 Å². The molecule has 2 aromatic rings. The molecule has 2 N–H and O–H groups in total. The van der Waals surface area contributed by atoms with Crippen LogP contribution in [0.25, 0.3) is 11.3 Å². The number of nitrogens with zero attached hydrogens (tertiary/aromatic N) is 2. The molecule has 0 saturated carbocycles. The summed E-state index contributed by atoms with van der Waals surface area (Å²) >= 11 is 2.27. The summed E-state index contributed by atoms with van der Waals surface area (Å²) in [6, 6.07) is 10.1. The molecule has 0 aliphatic carbocycles. The first kappa shape index (κ1) is 10.4. The highest BCUT2D eigenvalue weighted by atomic mass is 127. The summed E-state index contributed by atoms with van der Waals surface area (Å²) in [7, 11) is 0. The van der Waals surface area contributed by atoms with Crippen molar-refractivity contribution in [1.82, 2.24) is 9.97 Å². The van der Waals surface area contributed by atoms with E-state index in [4.69, 9.17) is 5.73 Å². The molecule has 0 amide bonds. The summed E-state index contributed by atoms with van der Waals surface area (Å²) in [4.78, 5) is 8.24. The van der Waals surface area contributed by atoms with Crippen molar-refractivity contribution < 1.29 is 0 Å². The molecule has 0 atom stereocenters. The minimum atomic E-state index is 0.323. The summed E-state index contributed by atoms with van der Waals surface area (Å²) in [6.07, 6.45) is 0. The van der Waals surface area contributed by atoms with Crippen LogP contribution in [0.2, 0.25) is 0 Å². The van der Waals surface area contributed by atoms with Gasteiger partial charge in [0.2, 0.25) is 5.95 Å². The molecule has 3 nitrogen and oxygen atoms in total. The van der Waals surface area contributed by atoms with Crippen molar-refractivity contribution in [2.45, 2.75) is 6.92 Å². The third kappa shape index (κ3) is 2.44. The molecule has 0 unspecified atom stereocenters. The van der Waals surface area contributed by atoms with Crippen molar-refractivity contribution in [3.8, 4) is 11.3 Å². The van der Waals surface area contributed by atoms with Gasteiger partial charge in [0.25, 0.3) is 0 Å². The molecule has 0 radical (unpaired) electrons. The minimum absolute atomic E-state index is 0.323. The smallest absolute Gasteiger partial charge is 0.220 e. The second-order valence-corrected chi connectivity index (χ2v) is 4.51. The lowest BCUT2D eigenvalue weighted by atomic mass is 10.1. The molecule has 0 spiro atoms. The largest absolute Gasteiger partial charge is 0.368 e. The van der Waals surface area contributed by atoms with Crippen molar-refractivity contribution in [2.75, 3.05) is 5.73 Å². The molecule has 0 saturated heterocycles. The first-order chi connectivity index (χ1) is 7.15. The van der Waals surface area contributed by atoms with Gasteiger partial charge in [0, 0.05) is 14.8 Å². The zero-order valence-corrected chi connectivity index (χ0v) is 10.4. The quantitative estimate of drug-likeness (QED) is 0.824. The van der Waals surface area contributed by atoms with Gasteiger partial charge < -0.3 is 5.73 Å². The first-order valence-corrected chi connectivity index (χ1v) is 5.60. The number of nitrogens with two attached hydrogens (primary N) is 1. The average Bonchev–Trinajstić information content (AvgIpc) is 2.17. The van der Waals surface area contributed by atoms with Crippen molar-refractivity contribution in [2.24, 2.45) is 0 Å². The van der Waals surface area contributed by atoms with Crippen LogP contribution < -0.4 is 5.73 Å². The van der Waals surface area contributed by atoms with E-state index in [-0.39, 0.29) is 0 Å². The highest BCUT2D eigenvalue weighted by Gasteiger charge is 2.01. The summed E-state index contributed by atoms with van der Waals surface area (Å²) < 4.78 is 1.20. The summed E-state index contributed by atoms with van der Waals surface area (Å²) in [5.74, 6) is 0.323. The van der Waals surface area contributed by atoms with E-state index in [2.05, 4.69) is 32.6 Å². The Morgan fingerprint density at radius 1 is 1.13 bits per heavy atom. The molecule has 1 heterocycles. The van der Waals surface area contributed by atoms with Gasteiger partial charge >= 0.3 is 0 Å². The molecule has 0 fully saturated rings. The van der Waals surface area contributed by atoms with E-state index in [1.54, 1.807) is 0 Å². The van der Waals surface area contributed by atoms with E-state index in [1.807, 2.05) is 37.3 Å². The van der Waals surface area contributed by atoms with Gasteiger partial charge in [-0.3, -0.25) is 0 Å². The fourth-order valence-corrected chi connectivity index (χ4v) is 1.72. The Morgan fingerprint density at radius 3 is 2.40 bits per heavy atom. The topological polar surface area (TPSA) is 51.8 Å². The van der Waals surface area contributed by atoms with E-state index in [0.29, 0.717) is 5.95 Å². The molecule has 0 aliphatic heterocycles. The third-order valence-corrected chi connectivity index (χ3v) is 2.73. The molecule has 4 heteroatoms. The molecule has 0 bridgehead atoms. The first-order valence-electron chi connectivity index (χ1n) is 4.52. The van der Waals surface area contributed by atoms with Crippen molar-refractivity contribution in [3.63, 3.8) is 0 Å². The van der Waals surface area contributed by atoms with Crippen LogP contribution in [0.4, 0.5) is 5.95 Å². The van der Waals surface area contributed by atoms with Gasteiger partial charge in [-0.2, -0.15) is 0 Å². The Hall–Kier alpha value is -1.17. The molecular formula is C11H10IN3. The monoisotopic (exact) mass is 311 g/mol. The number of hydrogen-bond donors (Lipinski definition) is 1. The van der Waals surface area contributed by atoms with Crippen molar-refractivity contribution in [1.29, 1.82) is 0 Å². The van der Waals surface area contributed by atoms with Crippen LogP contribution in [0.5, 0.6) is 0 Å². The number of hydrogen-bond acceptors (Lipinski definition) is 3. The number of nitrogen functional groups attached to an aromatic ring is 1. The predicted molar refractivity (Wildman–Crippen MR) is 69.3 cm³/mol. The van der Waals surface area contributed by atoms with Crippen LogP contribution in [0, 0.1) is 10.5 Å². The van der Waals surface area contributed by atoms with Gasteiger partial charge in [-0.25, -0.2) is 9.97 Å². The van der Waals surface area contributed by atoms with Crippen LogP contribution in [0.3, 0.4) is 0 Å². The Balaban J connectivity index is 2.49. The van der Waals surface area contributed by atoms with Gasteiger partial charge in [-0.15, -0.1) is 0 Å². The summed E-state index contributed by atoms with van der Waals surface area (Å²) in [5.41, 5.74) is 8.42. The van der Waals surface area contributed by atoms with E-state index >= 15 is 0 Å². The average molecular weight is 311 g/mol. The Morgan fingerprint density at radius 2 is 1.80 bits per heavy atom. The van der Waals surface area contributed by atoms with Crippen LogP contribution in [0.15, 0.2) is 30.3 Å². The molecule has 2 rings (SSSR count). The lowest BCUT2D eigenvalue weighted by molar-refractivity contribution is 1.12. The maximum atomic E-state index is 5.60. The van der Waals surface area contributed by atoms with Gasteiger partial charge in [0.1, 0.15) is 0 Å². The fraction of sp³-hybridized carbons (Fsp3) is 0.0909. The molecule has 1 aromatic carbocycles. The van der Waals surface area contributed by atoms with Crippen molar-refractivity contribution in [3.05, 3.63) is 39.6 Å². The molecule has 15 heavy (non-hydrogen) atoms. The zero-order valence-electron chi connectivity index (χ0n) is 8.24. The van der Waals surface area contributed by atoms with Gasteiger partial charge in [-0.05, 0) is 47.7 Å². The lowest BCUT2D eigenvalue weighted by Gasteiger charge is -2.03. The second-order valence-electron chi connectivity index (χ2n) is 3.26. The van der Waals surface area contributed by atoms with E-state index in [0.717, 1.165) is 17.0 Å². The second kappa shape index (κ2) is 4.14. The minimum Gasteiger partial charge on any atom is -0.368 e. The normalized spacial score (nSPS) is 10.3. The van der Waals surface area contributed by atoms with Gasteiger partial charge in [-0.1, -0.05) is 12.1 Å². The fourth-order valence-electron chi connectivity index (χ4n) is 1.36. The summed E-state index contributed by atoms with van der Waals surface area (Å²) in [6.45, 7) is 1.91. The van der Waals surface area contributed by atoms with E-state index < -0.39 is 0 Å². The van der Waals surface area contributed by atoms with Crippen LogP contribution in [0.1, 0.15) is 5.69 Å². The Bertz CT molecular complexity index is 459. The SMILES string of the molecule is Cc1cc(-c2ccc(I)cc2)nc(N)n1.